The van der Waals surface area contributed by atoms with E-state index in [1.807, 2.05) is 4.90 Å². The monoisotopic (exact) mass is 248 g/mol. The van der Waals surface area contributed by atoms with Crippen molar-refractivity contribution in [3.8, 4) is 5.75 Å². The maximum absolute atomic E-state index is 12.4. The summed E-state index contributed by atoms with van der Waals surface area (Å²) in [5.74, 6) is 1.21. The van der Waals surface area contributed by atoms with Crippen LogP contribution in [-0.4, -0.2) is 31.0 Å². The van der Waals surface area contributed by atoms with E-state index in [1.165, 1.54) is 6.42 Å². The minimum absolute atomic E-state index is 0.0693. The number of carbonyl (C=O) groups is 1. The normalized spacial score (nSPS) is 19.7. The van der Waals surface area contributed by atoms with Crippen molar-refractivity contribution in [2.24, 2.45) is 5.92 Å². The number of anilines is 1. The van der Waals surface area contributed by atoms with Gasteiger partial charge in [0.05, 0.1) is 12.8 Å². The van der Waals surface area contributed by atoms with Crippen molar-refractivity contribution in [2.45, 2.75) is 19.8 Å². The zero-order valence-electron chi connectivity index (χ0n) is 11.0. The summed E-state index contributed by atoms with van der Waals surface area (Å²) in [6.45, 7) is 3.87. The molecule has 0 radical (unpaired) electrons. The highest BCUT2D eigenvalue weighted by atomic mass is 16.5. The fourth-order valence-electron chi connectivity index (χ4n) is 2.40. The van der Waals surface area contributed by atoms with E-state index in [1.54, 1.807) is 25.3 Å². The van der Waals surface area contributed by atoms with Crippen LogP contribution in [0.25, 0.3) is 0 Å². The van der Waals surface area contributed by atoms with E-state index >= 15 is 0 Å². The van der Waals surface area contributed by atoms with E-state index in [2.05, 4.69) is 6.92 Å². The lowest BCUT2D eigenvalue weighted by molar-refractivity contribution is 0.0682. The molecule has 98 valence electrons. The predicted octanol–water partition coefficient (Wildman–Crippen LogP) is 2.15. The van der Waals surface area contributed by atoms with Crippen molar-refractivity contribution in [1.82, 2.24) is 4.90 Å². The number of benzene rings is 1. The number of nitrogens with zero attached hydrogens (tertiary/aromatic N) is 1. The molecule has 2 rings (SSSR count). The van der Waals surface area contributed by atoms with Gasteiger partial charge in [-0.2, -0.15) is 0 Å². The van der Waals surface area contributed by atoms with E-state index < -0.39 is 0 Å². The number of nitrogens with two attached hydrogens (primary N) is 1. The summed E-state index contributed by atoms with van der Waals surface area (Å²) < 4.78 is 5.15. The van der Waals surface area contributed by atoms with Crippen molar-refractivity contribution in [1.29, 1.82) is 0 Å². The number of methoxy groups -OCH3 is 1. The second kappa shape index (κ2) is 5.29. The van der Waals surface area contributed by atoms with Crippen molar-refractivity contribution in [3.63, 3.8) is 0 Å². The van der Waals surface area contributed by atoms with Crippen LogP contribution in [0.2, 0.25) is 0 Å². The highest BCUT2D eigenvalue weighted by molar-refractivity contribution is 5.95. The first-order valence-corrected chi connectivity index (χ1v) is 6.34. The third-order valence-corrected chi connectivity index (χ3v) is 3.42. The number of rotatable bonds is 2. The summed E-state index contributed by atoms with van der Waals surface area (Å²) in [5.41, 5.74) is 6.96. The van der Waals surface area contributed by atoms with Gasteiger partial charge in [0.1, 0.15) is 5.75 Å². The largest absolute Gasteiger partial charge is 0.495 e. The first-order chi connectivity index (χ1) is 8.61. The average molecular weight is 248 g/mol. The van der Waals surface area contributed by atoms with Gasteiger partial charge in [0.2, 0.25) is 0 Å². The number of carbonyl (C=O) groups excluding carboxylic acids is 1. The van der Waals surface area contributed by atoms with Gasteiger partial charge in [-0.25, -0.2) is 0 Å². The minimum Gasteiger partial charge on any atom is -0.495 e. The minimum atomic E-state index is 0.0693. The average Bonchev–Trinajstić information content (AvgIpc) is 2.38. The summed E-state index contributed by atoms with van der Waals surface area (Å²) >= 11 is 0. The zero-order valence-corrected chi connectivity index (χ0v) is 11.0. The number of piperidine rings is 1. The molecule has 1 saturated heterocycles. The van der Waals surface area contributed by atoms with E-state index in [-0.39, 0.29) is 5.91 Å². The molecule has 1 aromatic rings. The van der Waals surface area contributed by atoms with Gasteiger partial charge >= 0.3 is 0 Å². The molecule has 1 heterocycles. The Morgan fingerprint density at radius 1 is 1.50 bits per heavy atom. The van der Waals surface area contributed by atoms with E-state index in [4.69, 9.17) is 10.5 Å². The summed E-state index contributed by atoms with van der Waals surface area (Å²) in [5, 5.41) is 0. The highest BCUT2D eigenvalue weighted by Crippen LogP contribution is 2.24. The molecule has 0 spiro atoms. The molecule has 1 aliphatic heterocycles. The van der Waals surface area contributed by atoms with Gasteiger partial charge in [0, 0.05) is 18.7 Å². The second-order valence-corrected chi connectivity index (χ2v) is 4.96. The molecular weight excluding hydrogens is 228 g/mol. The van der Waals surface area contributed by atoms with Gasteiger partial charge < -0.3 is 15.4 Å². The summed E-state index contributed by atoms with van der Waals surface area (Å²) in [4.78, 5) is 14.3. The quantitative estimate of drug-likeness (QED) is 0.816. The topological polar surface area (TPSA) is 55.6 Å². The second-order valence-electron chi connectivity index (χ2n) is 4.96. The molecule has 0 bridgehead atoms. The Morgan fingerprint density at radius 3 is 2.94 bits per heavy atom. The van der Waals surface area contributed by atoms with Crippen LogP contribution in [0.3, 0.4) is 0 Å². The van der Waals surface area contributed by atoms with Gasteiger partial charge in [-0.1, -0.05) is 6.92 Å². The standard InChI is InChI=1S/C14H20N2O2/c1-10-4-3-7-16(9-10)14(17)11-5-6-12(15)13(8-11)18-2/h5-6,8,10H,3-4,7,9,15H2,1-2H3. The number of hydrogen-bond donors (Lipinski definition) is 1. The Kier molecular flexibility index (Phi) is 3.75. The van der Waals surface area contributed by atoms with Crippen LogP contribution < -0.4 is 10.5 Å². The van der Waals surface area contributed by atoms with Gasteiger partial charge in [0.25, 0.3) is 5.91 Å². The molecule has 4 heteroatoms. The van der Waals surface area contributed by atoms with E-state index in [9.17, 15) is 4.79 Å². The fourth-order valence-corrected chi connectivity index (χ4v) is 2.40. The number of likely N-dealkylation sites (tertiary alicyclic amines) is 1. The third-order valence-electron chi connectivity index (χ3n) is 3.42. The Morgan fingerprint density at radius 2 is 2.28 bits per heavy atom. The van der Waals surface area contributed by atoms with Crippen LogP contribution in [-0.2, 0) is 0 Å². The maximum atomic E-state index is 12.4. The SMILES string of the molecule is COc1cc(C(=O)N2CCCC(C)C2)ccc1N. The fraction of sp³-hybridized carbons (Fsp3) is 0.500. The molecule has 0 aliphatic carbocycles. The van der Waals surface area contributed by atoms with Crippen molar-refractivity contribution < 1.29 is 9.53 Å². The van der Waals surface area contributed by atoms with Crippen LogP contribution in [0, 0.1) is 5.92 Å². The first-order valence-electron chi connectivity index (χ1n) is 6.34. The number of ether oxygens (including phenoxy) is 1. The first kappa shape index (κ1) is 12.7. The predicted molar refractivity (Wildman–Crippen MR) is 71.7 cm³/mol. The van der Waals surface area contributed by atoms with Crippen LogP contribution in [0.5, 0.6) is 5.75 Å². The van der Waals surface area contributed by atoms with Gasteiger partial charge in [-0.05, 0) is 37.0 Å². The molecule has 2 N–H and O–H groups in total. The summed E-state index contributed by atoms with van der Waals surface area (Å²) in [7, 11) is 1.56. The summed E-state index contributed by atoms with van der Waals surface area (Å²) in [6, 6.07) is 5.20. The van der Waals surface area contributed by atoms with E-state index in [0.717, 1.165) is 19.5 Å². The third kappa shape index (κ3) is 2.58. The maximum Gasteiger partial charge on any atom is 0.253 e. The molecule has 4 nitrogen and oxygen atoms in total. The lowest BCUT2D eigenvalue weighted by atomic mass is 9.99. The molecule has 1 fully saturated rings. The number of amides is 1. The number of nitrogen functional groups attached to an aromatic ring is 1. The van der Waals surface area contributed by atoms with Crippen molar-refractivity contribution in [2.75, 3.05) is 25.9 Å². The zero-order chi connectivity index (χ0) is 13.1. The molecule has 18 heavy (non-hydrogen) atoms. The van der Waals surface area contributed by atoms with Crippen LogP contribution in [0.15, 0.2) is 18.2 Å². The van der Waals surface area contributed by atoms with Gasteiger partial charge in [0.15, 0.2) is 0 Å². The Labute approximate surface area is 108 Å². The smallest absolute Gasteiger partial charge is 0.253 e. The molecule has 0 aromatic heterocycles. The Bertz CT molecular complexity index is 445. The molecule has 1 aliphatic rings. The number of hydrogen-bond acceptors (Lipinski definition) is 3. The Hall–Kier alpha value is -1.71. The molecule has 1 unspecified atom stereocenters. The molecular formula is C14H20N2O2. The molecule has 1 atom stereocenters. The van der Waals surface area contributed by atoms with Crippen LogP contribution >= 0.6 is 0 Å². The van der Waals surface area contributed by atoms with Crippen LogP contribution in [0.1, 0.15) is 30.1 Å². The van der Waals surface area contributed by atoms with Gasteiger partial charge in [-0.15, -0.1) is 0 Å². The van der Waals surface area contributed by atoms with E-state index in [0.29, 0.717) is 22.9 Å². The Balaban J connectivity index is 2.17. The summed E-state index contributed by atoms with van der Waals surface area (Å²) in [6.07, 6.45) is 2.29. The molecule has 0 saturated carbocycles. The lowest BCUT2D eigenvalue weighted by Gasteiger charge is -2.31. The molecule has 1 aromatic carbocycles. The van der Waals surface area contributed by atoms with Crippen molar-refractivity contribution in [3.05, 3.63) is 23.8 Å². The highest BCUT2D eigenvalue weighted by Gasteiger charge is 2.22. The van der Waals surface area contributed by atoms with Gasteiger partial charge in [-0.3, -0.25) is 4.79 Å². The van der Waals surface area contributed by atoms with Crippen molar-refractivity contribution >= 4 is 11.6 Å². The molecule has 1 amide bonds. The lowest BCUT2D eigenvalue weighted by Crippen LogP contribution is -2.39. The van der Waals surface area contributed by atoms with Crippen LogP contribution in [0.4, 0.5) is 5.69 Å².